The van der Waals surface area contributed by atoms with Gasteiger partial charge in [-0.15, -0.1) is 0 Å². The summed E-state index contributed by atoms with van der Waals surface area (Å²) in [7, 11) is 0. The number of rotatable bonds is 3. The van der Waals surface area contributed by atoms with Crippen molar-refractivity contribution >= 4 is 22.8 Å². The molecule has 0 spiro atoms. The summed E-state index contributed by atoms with van der Waals surface area (Å²) in [4.78, 5) is 14.7. The molecule has 1 heterocycles. The zero-order chi connectivity index (χ0) is 15.0. The summed E-state index contributed by atoms with van der Waals surface area (Å²) in [5, 5.41) is 14.1. The zero-order valence-electron chi connectivity index (χ0n) is 12.3. The first-order valence-electron chi connectivity index (χ1n) is 7.24. The number of anilines is 1. The number of non-ortho nitro benzene ring substituents is 1. The van der Waals surface area contributed by atoms with E-state index in [1.165, 1.54) is 25.0 Å². The van der Waals surface area contributed by atoms with Crippen molar-refractivity contribution in [3.05, 3.63) is 28.3 Å². The van der Waals surface area contributed by atoms with Crippen LogP contribution in [0.3, 0.4) is 0 Å². The summed E-state index contributed by atoms with van der Waals surface area (Å²) in [6.07, 6.45) is 4.53. The van der Waals surface area contributed by atoms with Crippen molar-refractivity contribution in [3.8, 4) is 0 Å². The van der Waals surface area contributed by atoms with Gasteiger partial charge in [-0.25, -0.2) is 0 Å². The SMILES string of the molecule is CC1(C)CCC(Nc2nc3ccc([N+](=O)[O-])cc3o2)CC1. The van der Waals surface area contributed by atoms with Crippen molar-refractivity contribution in [2.45, 2.75) is 45.6 Å². The van der Waals surface area contributed by atoms with Crippen molar-refractivity contribution in [3.63, 3.8) is 0 Å². The number of aromatic nitrogens is 1. The van der Waals surface area contributed by atoms with Crippen LogP contribution in [0.2, 0.25) is 0 Å². The number of nitrogens with zero attached hydrogens (tertiary/aromatic N) is 2. The van der Waals surface area contributed by atoms with Crippen LogP contribution in [-0.2, 0) is 0 Å². The second kappa shape index (κ2) is 5.02. The third-order valence-electron chi connectivity index (χ3n) is 4.25. The molecule has 1 aromatic carbocycles. The first-order chi connectivity index (χ1) is 9.93. The Morgan fingerprint density at radius 2 is 2.10 bits per heavy atom. The predicted molar refractivity (Wildman–Crippen MR) is 80.3 cm³/mol. The highest BCUT2D eigenvalue weighted by Gasteiger charge is 2.27. The van der Waals surface area contributed by atoms with Gasteiger partial charge in [0, 0.05) is 12.1 Å². The molecular weight excluding hydrogens is 270 g/mol. The lowest BCUT2D eigenvalue weighted by Gasteiger charge is -2.34. The third kappa shape index (κ3) is 2.99. The summed E-state index contributed by atoms with van der Waals surface area (Å²) >= 11 is 0. The van der Waals surface area contributed by atoms with Crippen LogP contribution in [0.4, 0.5) is 11.7 Å². The maximum absolute atomic E-state index is 10.8. The molecule has 3 rings (SSSR count). The highest BCUT2D eigenvalue weighted by Crippen LogP contribution is 2.36. The van der Waals surface area contributed by atoms with Crippen molar-refractivity contribution in [1.29, 1.82) is 0 Å². The average Bonchev–Trinajstić information content (AvgIpc) is 2.82. The Morgan fingerprint density at radius 1 is 1.38 bits per heavy atom. The minimum atomic E-state index is -0.432. The summed E-state index contributed by atoms with van der Waals surface area (Å²) in [6.45, 7) is 4.59. The van der Waals surface area contributed by atoms with E-state index in [9.17, 15) is 10.1 Å². The van der Waals surface area contributed by atoms with E-state index in [1.807, 2.05) is 0 Å². The molecule has 1 aliphatic carbocycles. The van der Waals surface area contributed by atoms with Gasteiger partial charge in [0.2, 0.25) is 0 Å². The van der Waals surface area contributed by atoms with E-state index in [-0.39, 0.29) is 5.69 Å². The summed E-state index contributed by atoms with van der Waals surface area (Å²) in [5.41, 5.74) is 1.52. The number of nitro benzene ring substituents is 1. The second-order valence-electron chi connectivity index (χ2n) is 6.51. The van der Waals surface area contributed by atoms with E-state index in [0.29, 0.717) is 28.6 Å². The predicted octanol–water partition coefficient (Wildman–Crippen LogP) is 4.12. The van der Waals surface area contributed by atoms with Gasteiger partial charge >= 0.3 is 0 Å². The van der Waals surface area contributed by atoms with E-state index in [1.54, 1.807) is 6.07 Å². The van der Waals surface area contributed by atoms with Crippen LogP contribution >= 0.6 is 0 Å². The fraction of sp³-hybridized carbons (Fsp3) is 0.533. The lowest BCUT2D eigenvalue weighted by molar-refractivity contribution is -0.384. The Morgan fingerprint density at radius 3 is 2.76 bits per heavy atom. The number of fused-ring (bicyclic) bond motifs is 1. The molecule has 1 aliphatic rings. The molecule has 0 atom stereocenters. The molecule has 6 nitrogen and oxygen atoms in total. The first kappa shape index (κ1) is 13.9. The molecule has 112 valence electrons. The Hall–Kier alpha value is -2.11. The summed E-state index contributed by atoms with van der Waals surface area (Å²) in [5.74, 6) is 0. The highest BCUT2D eigenvalue weighted by atomic mass is 16.6. The van der Waals surface area contributed by atoms with Crippen LogP contribution in [0.1, 0.15) is 39.5 Å². The molecule has 0 radical (unpaired) electrons. The highest BCUT2D eigenvalue weighted by molar-refractivity contribution is 5.77. The number of nitrogens with one attached hydrogen (secondary N) is 1. The number of hydrogen-bond acceptors (Lipinski definition) is 5. The molecule has 0 unspecified atom stereocenters. The van der Waals surface area contributed by atoms with Crippen LogP contribution in [0, 0.1) is 15.5 Å². The number of hydrogen-bond donors (Lipinski definition) is 1. The van der Waals surface area contributed by atoms with Crippen LogP contribution in [0.15, 0.2) is 22.6 Å². The van der Waals surface area contributed by atoms with Crippen molar-refractivity contribution in [2.75, 3.05) is 5.32 Å². The Kier molecular flexibility index (Phi) is 3.31. The third-order valence-corrected chi connectivity index (χ3v) is 4.25. The molecular formula is C15H19N3O3. The van der Waals surface area contributed by atoms with E-state index in [2.05, 4.69) is 24.1 Å². The first-order valence-corrected chi connectivity index (χ1v) is 7.24. The maximum atomic E-state index is 10.8. The molecule has 6 heteroatoms. The normalized spacial score (nSPS) is 18.8. The van der Waals surface area contributed by atoms with Gasteiger partial charge in [0.15, 0.2) is 5.58 Å². The number of nitro groups is 1. The summed E-state index contributed by atoms with van der Waals surface area (Å²) < 4.78 is 5.59. The number of oxazole rings is 1. The standard InChI is InChI=1S/C15H19N3O3/c1-15(2)7-5-10(6-8-15)16-14-17-12-4-3-11(18(19)20)9-13(12)21-14/h3-4,9-10H,5-8H2,1-2H3,(H,16,17). The van der Waals surface area contributed by atoms with Gasteiger partial charge in [0.1, 0.15) is 5.52 Å². The van der Waals surface area contributed by atoms with Gasteiger partial charge in [-0.3, -0.25) is 10.1 Å². The van der Waals surface area contributed by atoms with E-state index >= 15 is 0 Å². The monoisotopic (exact) mass is 289 g/mol. The zero-order valence-corrected chi connectivity index (χ0v) is 12.3. The van der Waals surface area contributed by atoms with Gasteiger partial charge < -0.3 is 9.73 Å². The molecule has 1 N–H and O–H groups in total. The smallest absolute Gasteiger partial charge is 0.295 e. The van der Waals surface area contributed by atoms with Crippen LogP contribution in [0.5, 0.6) is 0 Å². The molecule has 0 saturated heterocycles. The minimum Gasteiger partial charge on any atom is -0.423 e. The second-order valence-corrected chi connectivity index (χ2v) is 6.51. The topological polar surface area (TPSA) is 81.2 Å². The van der Waals surface area contributed by atoms with Gasteiger partial charge in [-0.1, -0.05) is 13.8 Å². The van der Waals surface area contributed by atoms with Gasteiger partial charge in [0.25, 0.3) is 11.7 Å². The fourth-order valence-electron chi connectivity index (χ4n) is 2.81. The molecule has 0 aliphatic heterocycles. The lowest BCUT2D eigenvalue weighted by atomic mass is 9.76. The summed E-state index contributed by atoms with van der Waals surface area (Å²) in [6, 6.07) is 5.29. The number of benzene rings is 1. The van der Waals surface area contributed by atoms with E-state index in [4.69, 9.17) is 4.42 Å². The van der Waals surface area contributed by atoms with Gasteiger partial charge in [-0.05, 0) is 37.2 Å². The largest absolute Gasteiger partial charge is 0.423 e. The van der Waals surface area contributed by atoms with Gasteiger partial charge in [-0.2, -0.15) is 4.98 Å². The Bertz CT molecular complexity index is 668. The molecule has 2 aromatic rings. The van der Waals surface area contributed by atoms with Crippen LogP contribution < -0.4 is 5.32 Å². The Labute approximate surface area is 122 Å². The van der Waals surface area contributed by atoms with Crippen molar-refractivity contribution in [1.82, 2.24) is 4.98 Å². The van der Waals surface area contributed by atoms with Crippen molar-refractivity contribution in [2.24, 2.45) is 5.41 Å². The Balaban J connectivity index is 1.74. The lowest BCUT2D eigenvalue weighted by Crippen LogP contribution is -2.29. The average molecular weight is 289 g/mol. The quantitative estimate of drug-likeness (QED) is 0.679. The maximum Gasteiger partial charge on any atom is 0.295 e. The fourth-order valence-corrected chi connectivity index (χ4v) is 2.81. The molecule has 1 fully saturated rings. The molecule has 1 saturated carbocycles. The molecule has 1 aromatic heterocycles. The van der Waals surface area contributed by atoms with Crippen LogP contribution in [0.25, 0.3) is 11.1 Å². The molecule has 0 bridgehead atoms. The van der Waals surface area contributed by atoms with E-state index in [0.717, 1.165) is 12.8 Å². The van der Waals surface area contributed by atoms with Gasteiger partial charge in [0.05, 0.1) is 11.0 Å². The van der Waals surface area contributed by atoms with E-state index < -0.39 is 4.92 Å². The molecule has 21 heavy (non-hydrogen) atoms. The van der Waals surface area contributed by atoms with Crippen LogP contribution in [-0.4, -0.2) is 15.9 Å². The van der Waals surface area contributed by atoms with Crippen molar-refractivity contribution < 1.29 is 9.34 Å². The molecule has 0 amide bonds. The minimum absolute atomic E-state index is 0.0182.